The van der Waals surface area contributed by atoms with Crippen LogP contribution in [0.2, 0.25) is 19.6 Å². The van der Waals surface area contributed by atoms with Crippen molar-refractivity contribution in [1.82, 2.24) is 0 Å². The van der Waals surface area contributed by atoms with Crippen LogP contribution in [0.15, 0.2) is 12.2 Å². The van der Waals surface area contributed by atoms with Gasteiger partial charge in [-0.15, -0.1) is 0 Å². The van der Waals surface area contributed by atoms with Gasteiger partial charge in [0.1, 0.15) is 6.10 Å². The fourth-order valence-corrected chi connectivity index (χ4v) is 1.94. The van der Waals surface area contributed by atoms with Crippen LogP contribution >= 0.6 is 0 Å². The van der Waals surface area contributed by atoms with E-state index in [1.54, 1.807) is 0 Å². The summed E-state index contributed by atoms with van der Waals surface area (Å²) in [6.45, 7) is 7.82. The van der Waals surface area contributed by atoms with Gasteiger partial charge in [-0.25, -0.2) is 4.79 Å². The van der Waals surface area contributed by atoms with E-state index >= 15 is 0 Å². The van der Waals surface area contributed by atoms with Crippen molar-refractivity contribution in [3.05, 3.63) is 12.2 Å². The van der Waals surface area contributed by atoms with E-state index in [0.717, 1.165) is 0 Å². The van der Waals surface area contributed by atoms with Gasteiger partial charge in [-0.1, -0.05) is 12.2 Å². The zero-order chi connectivity index (χ0) is 10.5. The van der Waals surface area contributed by atoms with E-state index in [-0.39, 0.29) is 0 Å². The summed E-state index contributed by atoms with van der Waals surface area (Å²) < 4.78 is 5.49. The Bertz CT molecular complexity index is 194. The number of hydrogen-bond donors (Lipinski definition) is 1. The van der Waals surface area contributed by atoms with Gasteiger partial charge in [0.05, 0.1) is 0 Å². The first-order valence-electron chi connectivity index (χ1n) is 4.38. The molecule has 1 unspecified atom stereocenters. The highest BCUT2D eigenvalue weighted by Crippen LogP contribution is 2.10. The minimum Gasteiger partial charge on any atom is -0.479 e. The lowest BCUT2D eigenvalue weighted by atomic mass is 10.2. The van der Waals surface area contributed by atoms with Crippen LogP contribution in [-0.4, -0.2) is 25.5 Å². The van der Waals surface area contributed by atoms with Crippen molar-refractivity contribution in [3.8, 4) is 0 Å². The normalized spacial score (nSPS) is 14.8. The molecule has 0 heterocycles. The van der Waals surface area contributed by atoms with Gasteiger partial charge in [-0.3, -0.25) is 0 Å². The predicted octanol–water partition coefficient (Wildman–Crippen LogP) is 2.26. The second-order valence-corrected chi connectivity index (χ2v) is 8.32. The highest BCUT2D eigenvalue weighted by Gasteiger charge is 2.24. The first kappa shape index (κ1) is 12.4. The third-order valence-corrected chi connectivity index (χ3v) is 2.35. The molecule has 3 nitrogen and oxygen atoms in total. The van der Waals surface area contributed by atoms with Crippen LogP contribution in [0.4, 0.5) is 0 Å². The van der Waals surface area contributed by atoms with Crippen LogP contribution < -0.4 is 0 Å². The van der Waals surface area contributed by atoms with E-state index in [1.807, 2.05) is 38.7 Å². The van der Waals surface area contributed by atoms with E-state index in [2.05, 4.69) is 0 Å². The molecule has 0 fully saturated rings. The first-order valence-corrected chi connectivity index (χ1v) is 7.79. The number of hydrogen-bond acceptors (Lipinski definition) is 2. The van der Waals surface area contributed by atoms with Crippen LogP contribution in [0.1, 0.15) is 13.3 Å². The van der Waals surface area contributed by atoms with Gasteiger partial charge in [0.2, 0.25) is 0 Å². The maximum Gasteiger partial charge on any atom is 0.331 e. The number of carboxylic acid groups (broad SMARTS) is 1. The molecular weight excluding hydrogens is 184 g/mol. The Hall–Kier alpha value is -0.613. The van der Waals surface area contributed by atoms with Crippen molar-refractivity contribution in [2.45, 2.75) is 39.1 Å². The number of rotatable bonds is 5. The van der Waals surface area contributed by atoms with Crippen LogP contribution in [0.5, 0.6) is 0 Å². The van der Waals surface area contributed by atoms with Crippen molar-refractivity contribution < 1.29 is 14.3 Å². The highest BCUT2D eigenvalue weighted by atomic mass is 28.4. The molecule has 4 heteroatoms. The number of carbonyl (C=O) groups is 1. The number of aliphatic carboxylic acids is 1. The molecule has 0 spiro atoms. The van der Waals surface area contributed by atoms with Crippen LogP contribution in [-0.2, 0) is 9.22 Å². The summed E-state index contributed by atoms with van der Waals surface area (Å²) in [7, 11) is -1.75. The molecule has 0 amide bonds. The lowest BCUT2D eigenvalue weighted by Crippen LogP contribution is -2.36. The van der Waals surface area contributed by atoms with Crippen molar-refractivity contribution in [3.63, 3.8) is 0 Å². The van der Waals surface area contributed by atoms with Crippen molar-refractivity contribution in [1.29, 1.82) is 0 Å². The zero-order valence-corrected chi connectivity index (χ0v) is 9.70. The highest BCUT2D eigenvalue weighted by molar-refractivity contribution is 6.69. The Morgan fingerprint density at radius 2 is 2.08 bits per heavy atom. The van der Waals surface area contributed by atoms with Gasteiger partial charge in [-0.05, 0) is 26.6 Å². The van der Waals surface area contributed by atoms with E-state index in [9.17, 15) is 4.79 Å². The second kappa shape index (κ2) is 5.19. The molecule has 0 aromatic rings. The van der Waals surface area contributed by atoms with E-state index in [4.69, 9.17) is 9.53 Å². The monoisotopic (exact) mass is 202 g/mol. The van der Waals surface area contributed by atoms with Gasteiger partial charge >= 0.3 is 5.97 Å². The molecule has 1 atom stereocenters. The topological polar surface area (TPSA) is 46.5 Å². The molecular formula is C9H18O3Si. The zero-order valence-electron chi connectivity index (χ0n) is 8.70. The second-order valence-electron chi connectivity index (χ2n) is 3.86. The summed E-state index contributed by atoms with van der Waals surface area (Å²) in [5.74, 6) is -0.875. The SMILES string of the molecule is CC=CCC(O[Si](C)(C)C)C(=O)O. The smallest absolute Gasteiger partial charge is 0.331 e. The Labute approximate surface area is 80.5 Å². The minimum atomic E-state index is -1.75. The third kappa shape index (κ3) is 6.54. The largest absolute Gasteiger partial charge is 0.479 e. The molecule has 1 N–H and O–H groups in total. The summed E-state index contributed by atoms with van der Waals surface area (Å²) in [6.07, 6.45) is 3.43. The summed E-state index contributed by atoms with van der Waals surface area (Å²) in [4.78, 5) is 10.7. The summed E-state index contributed by atoms with van der Waals surface area (Å²) in [5.41, 5.74) is 0. The van der Waals surface area contributed by atoms with Crippen molar-refractivity contribution in [2.75, 3.05) is 0 Å². The maximum atomic E-state index is 10.7. The average molecular weight is 202 g/mol. The van der Waals surface area contributed by atoms with E-state index in [1.165, 1.54) is 0 Å². The molecule has 0 rings (SSSR count). The third-order valence-electron chi connectivity index (χ3n) is 1.36. The van der Waals surface area contributed by atoms with Crippen LogP contribution in [0.25, 0.3) is 0 Å². The Morgan fingerprint density at radius 1 is 1.54 bits per heavy atom. The molecule has 0 aliphatic carbocycles. The molecule has 13 heavy (non-hydrogen) atoms. The molecule has 0 aromatic carbocycles. The minimum absolute atomic E-state index is 0.454. The summed E-state index contributed by atoms with van der Waals surface area (Å²) >= 11 is 0. The molecule has 0 radical (unpaired) electrons. The quantitative estimate of drug-likeness (QED) is 0.549. The van der Waals surface area contributed by atoms with Gasteiger partial charge < -0.3 is 9.53 Å². The lowest BCUT2D eigenvalue weighted by Gasteiger charge is -2.22. The Morgan fingerprint density at radius 3 is 2.38 bits per heavy atom. The van der Waals surface area contributed by atoms with Gasteiger partial charge in [0, 0.05) is 6.42 Å². The van der Waals surface area contributed by atoms with Crippen LogP contribution in [0, 0.1) is 0 Å². The lowest BCUT2D eigenvalue weighted by molar-refractivity contribution is -0.145. The standard InChI is InChI=1S/C9H18O3Si/c1-5-6-7-8(9(10)11)12-13(2,3)4/h5-6,8H,7H2,1-4H3,(H,10,11). The average Bonchev–Trinajstić information content (AvgIpc) is 1.95. The molecule has 0 bridgehead atoms. The molecule has 0 saturated heterocycles. The fraction of sp³-hybridized carbons (Fsp3) is 0.667. The summed E-state index contributed by atoms with van der Waals surface area (Å²) in [5, 5.41) is 8.83. The maximum absolute atomic E-state index is 10.7. The predicted molar refractivity (Wildman–Crippen MR) is 55.3 cm³/mol. The van der Waals surface area contributed by atoms with Gasteiger partial charge in [0.25, 0.3) is 0 Å². The first-order chi connectivity index (χ1) is 5.87. The van der Waals surface area contributed by atoms with Crippen molar-refractivity contribution >= 4 is 14.3 Å². The number of carboxylic acids is 1. The molecule has 76 valence electrons. The molecule has 0 saturated carbocycles. The molecule has 0 aliphatic rings. The molecule has 0 aromatic heterocycles. The summed E-state index contributed by atoms with van der Waals surface area (Å²) in [6, 6.07) is 0. The fourth-order valence-electron chi connectivity index (χ4n) is 0.886. The Balaban J connectivity index is 4.19. The van der Waals surface area contributed by atoms with Crippen LogP contribution in [0.3, 0.4) is 0 Å². The molecule has 0 aliphatic heterocycles. The van der Waals surface area contributed by atoms with E-state index < -0.39 is 20.4 Å². The van der Waals surface area contributed by atoms with E-state index in [0.29, 0.717) is 6.42 Å². The Kier molecular flexibility index (Phi) is 4.94. The van der Waals surface area contributed by atoms with Gasteiger partial charge in [-0.2, -0.15) is 0 Å². The van der Waals surface area contributed by atoms with Gasteiger partial charge in [0.15, 0.2) is 8.32 Å². The van der Waals surface area contributed by atoms with Crippen molar-refractivity contribution in [2.24, 2.45) is 0 Å². The number of allylic oxidation sites excluding steroid dienone is 1.